The minimum Gasteiger partial charge on any atom is -0.281 e. The van der Waals surface area contributed by atoms with Gasteiger partial charge in [0.05, 0.1) is 12.5 Å². The Kier molecular flexibility index (Phi) is 2.86. The van der Waals surface area contributed by atoms with E-state index in [1.165, 1.54) is 9.70 Å². The van der Waals surface area contributed by atoms with E-state index in [1.54, 1.807) is 0 Å². The average Bonchev–Trinajstić information content (AvgIpc) is 2.83. The first-order valence-electron chi connectivity index (χ1n) is 4.89. The fourth-order valence-corrected chi connectivity index (χ4v) is 1.68. The minimum atomic E-state index is -0.501. The molecule has 1 amide bonds. The van der Waals surface area contributed by atoms with Gasteiger partial charge in [-0.05, 0) is 23.7 Å². The van der Waals surface area contributed by atoms with E-state index in [-0.39, 0.29) is 24.8 Å². The van der Waals surface area contributed by atoms with Crippen molar-refractivity contribution in [3.63, 3.8) is 0 Å². The molecule has 2 heterocycles. The second kappa shape index (κ2) is 4.17. The molecule has 16 heavy (non-hydrogen) atoms. The van der Waals surface area contributed by atoms with Gasteiger partial charge in [-0.15, -0.1) is 5.10 Å². The molecule has 1 aromatic heterocycles. The highest BCUT2D eigenvalue weighted by Gasteiger charge is 2.36. The lowest BCUT2D eigenvalue weighted by molar-refractivity contribution is -0.120. The van der Waals surface area contributed by atoms with E-state index in [2.05, 4.69) is 15.4 Å². The monoisotopic (exact) mass is 243 g/mol. The van der Waals surface area contributed by atoms with Crippen LogP contribution in [0.3, 0.4) is 0 Å². The van der Waals surface area contributed by atoms with Crippen LogP contribution in [-0.4, -0.2) is 37.9 Å². The molecule has 1 atom stereocenters. The Balaban J connectivity index is 2.16. The Hall–Kier alpha value is -1.50. The third-order valence-electron chi connectivity index (χ3n) is 2.41. The predicted octanol–water partition coefficient (Wildman–Crippen LogP) is -0.189. The van der Waals surface area contributed by atoms with Crippen LogP contribution >= 0.6 is 11.6 Å². The Morgan fingerprint density at radius 1 is 1.62 bits per heavy atom. The molecule has 1 saturated heterocycles. The number of carbonyl (C=O) groups excluding carboxylic acids is 2. The summed E-state index contributed by atoms with van der Waals surface area (Å²) in [5.41, 5.74) is 0. The molecule has 1 aliphatic rings. The summed E-state index contributed by atoms with van der Waals surface area (Å²) in [6.45, 7) is 2.67. The van der Waals surface area contributed by atoms with Crippen molar-refractivity contribution < 1.29 is 9.59 Å². The minimum absolute atomic E-state index is 0.114. The Labute approximate surface area is 96.3 Å². The van der Waals surface area contributed by atoms with E-state index in [0.29, 0.717) is 6.54 Å². The highest BCUT2D eigenvalue weighted by Crippen LogP contribution is 2.23. The van der Waals surface area contributed by atoms with Crippen molar-refractivity contribution >= 4 is 28.7 Å². The fraction of sp³-hybridized carbons (Fsp3) is 0.625. The summed E-state index contributed by atoms with van der Waals surface area (Å²) in [6.07, 6.45) is 0.114. The lowest BCUT2D eigenvalue weighted by Crippen LogP contribution is -2.26. The van der Waals surface area contributed by atoms with Crippen molar-refractivity contribution in [1.29, 1.82) is 0 Å². The van der Waals surface area contributed by atoms with Gasteiger partial charge in [-0.25, -0.2) is 0 Å². The summed E-state index contributed by atoms with van der Waals surface area (Å²) in [5.74, 6) is -0.440. The van der Waals surface area contributed by atoms with Gasteiger partial charge in [0.15, 0.2) is 0 Å². The van der Waals surface area contributed by atoms with Crippen LogP contribution in [0.2, 0.25) is 0 Å². The number of tetrazole rings is 1. The summed E-state index contributed by atoms with van der Waals surface area (Å²) in [4.78, 5) is 25.3. The van der Waals surface area contributed by atoms with Gasteiger partial charge < -0.3 is 0 Å². The molecular weight excluding hydrogens is 234 g/mol. The van der Waals surface area contributed by atoms with E-state index >= 15 is 0 Å². The first kappa shape index (κ1) is 11.0. The largest absolute Gasteiger partial charge is 0.281 e. The topological polar surface area (TPSA) is 81.0 Å². The molecule has 7 nitrogen and oxygen atoms in total. The van der Waals surface area contributed by atoms with Crippen LogP contribution in [0.4, 0.5) is 5.95 Å². The van der Waals surface area contributed by atoms with Crippen molar-refractivity contribution in [2.75, 3.05) is 11.4 Å². The van der Waals surface area contributed by atoms with Crippen LogP contribution in [0.25, 0.3) is 0 Å². The summed E-state index contributed by atoms with van der Waals surface area (Å²) >= 11 is 5.36. The SMILES string of the molecule is CCn1nnc(N2CC(C(=O)Cl)CC2=O)n1. The van der Waals surface area contributed by atoms with Crippen LogP contribution < -0.4 is 4.90 Å². The molecule has 0 aliphatic carbocycles. The summed E-state index contributed by atoms with van der Waals surface area (Å²) < 4.78 is 0. The molecular formula is C8H10ClN5O2. The molecule has 1 unspecified atom stereocenters. The van der Waals surface area contributed by atoms with E-state index in [0.717, 1.165) is 0 Å². The smallest absolute Gasteiger partial charge is 0.272 e. The number of hydrogen-bond donors (Lipinski definition) is 0. The number of hydrogen-bond acceptors (Lipinski definition) is 5. The maximum absolute atomic E-state index is 11.6. The zero-order valence-electron chi connectivity index (χ0n) is 8.63. The van der Waals surface area contributed by atoms with Gasteiger partial charge in [-0.3, -0.25) is 14.5 Å². The predicted molar refractivity (Wildman–Crippen MR) is 54.8 cm³/mol. The lowest BCUT2D eigenvalue weighted by atomic mass is 10.1. The number of carbonyl (C=O) groups is 2. The van der Waals surface area contributed by atoms with Gasteiger partial charge in [0.1, 0.15) is 0 Å². The molecule has 0 spiro atoms. The number of rotatable bonds is 3. The highest BCUT2D eigenvalue weighted by molar-refractivity contribution is 6.64. The zero-order valence-corrected chi connectivity index (χ0v) is 9.39. The maximum atomic E-state index is 11.6. The first-order chi connectivity index (χ1) is 7.61. The number of aryl methyl sites for hydroxylation is 1. The van der Waals surface area contributed by atoms with Crippen LogP contribution in [0.1, 0.15) is 13.3 Å². The molecule has 86 valence electrons. The van der Waals surface area contributed by atoms with Gasteiger partial charge in [0.25, 0.3) is 5.95 Å². The van der Waals surface area contributed by atoms with Crippen LogP contribution in [0.15, 0.2) is 0 Å². The van der Waals surface area contributed by atoms with Crippen molar-refractivity contribution in [3.05, 3.63) is 0 Å². The van der Waals surface area contributed by atoms with E-state index in [9.17, 15) is 9.59 Å². The van der Waals surface area contributed by atoms with Gasteiger partial charge in [-0.2, -0.15) is 4.80 Å². The standard InChI is InChI=1S/C8H10ClN5O2/c1-2-14-11-8(10-12-14)13-4-5(7(9)16)3-6(13)15/h5H,2-4H2,1H3. The summed E-state index contributed by atoms with van der Waals surface area (Å²) in [5, 5.41) is 11.0. The van der Waals surface area contributed by atoms with E-state index in [1.807, 2.05) is 6.92 Å². The van der Waals surface area contributed by atoms with Crippen LogP contribution in [0, 0.1) is 5.92 Å². The molecule has 2 rings (SSSR count). The molecule has 8 heteroatoms. The van der Waals surface area contributed by atoms with Crippen molar-refractivity contribution in [3.8, 4) is 0 Å². The molecule has 0 N–H and O–H groups in total. The van der Waals surface area contributed by atoms with Crippen LogP contribution in [0.5, 0.6) is 0 Å². The third-order valence-corrected chi connectivity index (χ3v) is 2.72. The second-order valence-corrected chi connectivity index (χ2v) is 3.86. The summed E-state index contributed by atoms with van der Waals surface area (Å²) in [6, 6.07) is 0. The number of anilines is 1. The van der Waals surface area contributed by atoms with Gasteiger partial charge in [0.2, 0.25) is 11.1 Å². The second-order valence-electron chi connectivity index (χ2n) is 3.49. The molecule has 1 aliphatic heterocycles. The highest BCUT2D eigenvalue weighted by atomic mass is 35.5. The molecule has 0 saturated carbocycles. The first-order valence-corrected chi connectivity index (χ1v) is 5.27. The molecule has 1 fully saturated rings. The Bertz CT molecular complexity index is 432. The number of amides is 1. The maximum Gasteiger partial charge on any atom is 0.272 e. The van der Waals surface area contributed by atoms with E-state index < -0.39 is 11.2 Å². The van der Waals surface area contributed by atoms with Crippen molar-refractivity contribution in [1.82, 2.24) is 20.2 Å². The van der Waals surface area contributed by atoms with Gasteiger partial charge >= 0.3 is 0 Å². The van der Waals surface area contributed by atoms with Crippen LogP contribution in [-0.2, 0) is 16.1 Å². The number of halogens is 1. The quantitative estimate of drug-likeness (QED) is 0.688. The van der Waals surface area contributed by atoms with E-state index in [4.69, 9.17) is 11.6 Å². The number of nitrogens with zero attached hydrogens (tertiary/aromatic N) is 5. The molecule has 1 aromatic rings. The Morgan fingerprint density at radius 3 is 2.88 bits per heavy atom. The third kappa shape index (κ3) is 1.90. The average molecular weight is 244 g/mol. The van der Waals surface area contributed by atoms with Crippen molar-refractivity contribution in [2.45, 2.75) is 19.9 Å². The van der Waals surface area contributed by atoms with Crippen molar-refractivity contribution in [2.24, 2.45) is 5.92 Å². The fourth-order valence-electron chi connectivity index (χ4n) is 1.53. The van der Waals surface area contributed by atoms with Gasteiger partial charge in [-0.1, -0.05) is 5.10 Å². The molecule has 0 aromatic carbocycles. The lowest BCUT2D eigenvalue weighted by Gasteiger charge is -2.09. The summed E-state index contributed by atoms with van der Waals surface area (Å²) in [7, 11) is 0. The van der Waals surface area contributed by atoms with Gasteiger partial charge in [0, 0.05) is 13.0 Å². The molecule has 0 radical (unpaired) electrons. The normalized spacial score (nSPS) is 20.5. The Morgan fingerprint density at radius 2 is 2.38 bits per heavy atom. The zero-order chi connectivity index (χ0) is 11.7. The molecule has 0 bridgehead atoms. The number of aromatic nitrogens is 4.